The van der Waals surface area contributed by atoms with Crippen molar-refractivity contribution in [1.82, 2.24) is 4.57 Å². The van der Waals surface area contributed by atoms with Crippen LogP contribution in [0.5, 0.6) is 0 Å². The second-order valence-electron chi connectivity index (χ2n) is 16.0. The van der Waals surface area contributed by atoms with Crippen molar-refractivity contribution in [3.05, 3.63) is 243 Å². The van der Waals surface area contributed by atoms with Crippen LogP contribution in [0.25, 0.3) is 93.9 Å². The van der Waals surface area contributed by atoms with Gasteiger partial charge in [0.2, 0.25) is 0 Å². The monoisotopic (exact) mass is 804 g/mol. The van der Waals surface area contributed by atoms with Gasteiger partial charge in [-0.25, -0.2) is 0 Å². The van der Waals surface area contributed by atoms with Crippen LogP contribution in [0.15, 0.2) is 247 Å². The first-order valence-electron chi connectivity index (χ1n) is 21.5. The summed E-state index contributed by atoms with van der Waals surface area (Å²) in [4.78, 5) is 2.41. The highest BCUT2D eigenvalue weighted by molar-refractivity contribution is 6.18. The Hall–Kier alpha value is -8.40. The van der Waals surface area contributed by atoms with E-state index in [4.69, 9.17) is 4.42 Å². The van der Waals surface area contributed by atoms with E-state index in [9.17, 15) is 0 Å². The topological polar surface area (TPSA) is 21.3 Å². The molecule has 0 fully saturated rings. The molecule has 0 aliphatic rings. The molecule has 12 rings (SSSR count). The molecule has 3 nitrogen and oxygen atoms in total. The molecule has 0 saturated carbocycles. The predicted octanol–water partition coefficient (Wildman–Crippen LogP) is 16.8. The number of para-hydroxylation sites is 4. The van der Waals surface area contributed by atoms with Crippen molar-refractivity contribution in [2.45, 2.75) is 0 Å². The zero-order chi connectivity index (χ0) is 41.7. The molecule has 10 aromatic carbocycles. The maximum atomic E-state index is 7.06. The number of hydrogen-bond donors (Lipinski definition) is 0. The fraction of sp³-hybridized carbons (Fsp3) is 0. The molecule has 296 valence electrons. The summed E-state index contributed by atoms with van der Waals surface area (Å²) in [6.07, 6.45) is 0. The summed E-state index contributed by atoms with van der Waals surface area (Å²) in [5.74, 6) is 0. The van der Waals surface area contributed by atoms with Crippen LogP contribution in [0.1, 0.15) is 0 Å². The van der Waals surface area contributed by atoms with Gasteiger partial charge in [-0.2, -0.15) is 0 Å². The Morgan fingerprint density at radius 2 is 0.841 bits per heavy atom. The molecule has 0 aliphatic carbocycles. The van der Waals surface area contributed by atoms with Crippen molar-refractivity contribution < 1.29 is 4.42 Å². The zero-order valence-electron chi connectivity index (χ0n) is 34.4. The normalized spacial score (nSPS) is 11.5. The van der Waals surface area contributed by atoms with E-state index in [1.165, 1.54) is 44.1 Å². The number of hydrogen-bond acceptors (Lipinski definition) is 2. The Morgan fingerprint density at radius 1 is 0.333 bits per heavy atom. The van der Waals surface area contributed by atoms with Gasteiger partial charge in [0.05, 0.1) is 27.8 Å². The Labute approximate surface area is 366 Å². The highest BCUT2D eigenvalue weighted by Gasteiger charge is 2.25. The van der Waals surface area contributed by atoms with Gasteiger partial charge in [-0.05, 0) is 94.0 Å². The van der Waals surface area contributed by atoms with Crippen molar-refractivity contribution in [2.24, 2.45) is 0 Å². The summed E-state index contributed by atoms with van der Waals surface area (Å²) in [6, 6.07) is 87.0. The van der Waals surface area contributed by atoms with E-state index in [0.717, 1.165) is 66.9 Å². The van der Waals surface area contributed by atoms with Gasteiger partial charge < -0.3 is 13.9 Å². The van der Waals surface area contributed by atoms with Gasteiger partial charge in [0.25, 0.3) is 0 Å². The average Bonchev–Trinajstić information content (AvgIpc) is 3.92. The molecule has 0 N–H and O–H groups in total. The maximum Gasteiger partial charge on any atom is 0.145 e. The van der Waals surface area contributed by atoms with Gasteiger partial charge in [-0.1, -0.05) is 182 Å². The Bertz CT molecular complexity index is 3550. The molecule has 63 heavy (non-hydrogen) atoms. The van der Waals surface area contributed by atoms with E-state index in [1.54, 1.807) is 0 Å². The van der Waals surface area contributed by atoms with E-state index in [2.05, 4.69) is 252 Å². The number of furan rings is 1. The lowest BCUT2D eigenvalue weighted by atomic mass is 9.93. The second-order valence-corrected chi connectivity index (χ2v) is 16.0. The highest BCUT2D eigenvalue weighted by atomic mass is 16.3. The minimum atomic E-state index is 0.844. The van der Waals surface area contributed by atoms with Crippen LogP contribution in [0.2, 0.25) is 0 Å². The second kappa shape index (κ2) is 15.3. The Morgan fingerprint density at radius 3 is 1.52 bits per heavy atom. The van der Waals surface area contributed by atoms with Gasteiger partial charge in [-0.3, -0.25) is 0 Å². The molecule has 12 aromatic rings. The summed E-state index contributed by atoms with van der Waals surface area (Å²) in [6.45, 7) is 0. The number of rotatable bonds is 8. The van der Waals surface area contributed by atoms with E-state index < -0.39 is 0 Å². The third-order valence-electron chi connectivity index (χ3n) is 12.4. The number of fused-ring (bicyclic) bond motifs is 6. The highest BCUT2D eigenvalue weighted by Crippen LogP contribution is 2.49. The lowest BCUT2D eigenvalue weighted by Crippen LogP contribution is -2.11. The van der Waals surface area contributed by atoms with Crippen LogP contribution in [-0.2, 0) is 0 Å². The van der Waals surface area contributed by atoms with Gasteiger partial charge in [0.1, 0.15) is 11.2 Å². The van der Waals surface area contributed by atoms with Crippen molar-refractivity contribution in [3.8, 4) is 50.2 Å². The molecule has 0 unspecified atom stereocenters. The number of benzene rings is 10. The minimum Gasteiger partial charge on any atom is -0.455 e. The number of nitrogens with zero attached hydrogens (tertiary/aromatic N) is 2. The summed E-state index contributed by atoms with van der Waals surface area (Å²) in [5, 5.41) is 4.58. The Balaban J connectivity index is 1.12. The van der Waals surface area contributed by atoms with E-state index in [1.807, 2.05) is 0 Å². The molecule has 3 heteroatoms. The van der Waals surface area contributed by atoms with Crippen LogP contribution in [0.3, 0.4) is 0 Å². The van der Waals surface area contributed by atoms with Crippen molar-refractivity contribution in [1.29, 1.82) is 0 Å². The fourth-order valence-corrected chi connectivity index (χ4v) is 9.55. The average molecular weight is 805 g/mol. The minimum absolute atomic E-state index is 0.844. The van der Waals surface area contributed by atoms with Crippen LogP contribution in [0.4, 0.5) is 17.1 Å². The molecule has 0 spiro atoms. The van der Waals surface area contributed by atoms with Crippen LogP contribution in [0, 0.1) is 0 Å². The molecule has 0 amide bonds. The van der Waals surface area contributed by atoms with Gasteiger partial charge in [0.15, 0.2) is 0 Å². The van der Waals surface area contributed by atoms with Crippen molar-refractivity contribution >= 4 is 60.8 Å². The first kappa shape index (κ1) is 36.5. The van der Waals surface area contributed by atoms with Gasteiger partial charge in [0, 0.05) is 38.7 Å². The summed E-state index contributed by atoms with van der Waals surface area (Å²) in [5.41, 5.74) is 17.4. The molecule has 2 aromatic heterocycles. The first-order chi connectivity index (χ1) is 31.3. The summed E-state index contributed by atoms with van der Waals surface area (Å²) in [7, 11) is 0. The van der Waals surface area contributed by atoms with Crippen LogP contribution >= 0.6 is 0 Å². The van der Waals surface area contributed by atoms with E-state index in [-0.39, 0.29) is 0 Å². The fourth-order valence-electron chi connectivity index (χ4n) is 9.55. The largest absolute Gasteiger partial charge is 0.455 e. The molecule has 0 aliphatic heterocycles. The lowest BCUT2D eigenvalue weighted by molar-refractivity contribution is 0.670. The molecule has 2 heterocycles. The van der Waals surface area contributed by atoms with Gasteiger partial charge >= 0.3 is 0 Å². The summed E-state index contributed by atoms with van der Waals surface area (Å²) < 4.78 is 9.46. The number of anilines is 3. The molecular weight excluding hydrogens is 765 g/mol. The molecule has 0 atom stereocenters. The molecule has 0 saturated heterocycles. The quantitative estimate of drug-likeness (QED) is 0.153. The predicted molar refractivity (Wildman–Crippen MR) is 264 cm³/mol. The summed E-state index contributed by atoms with van der Waals surface area (Å²) >= 11 is 0. The Kier molecular flexibility index (Phi) is 8.83. The van der Waals surface area contributed by atoms with E-state index in [0.29, 0.717) is 0 Å². The maximum absolute atomic E-state index is 7.06. The number of aromatic nitrogens is 1. The molecule has 0 bridgehead atoms. The SMILES string of the molecule is c1ccc(-c2ccc(N(c3ccc(-c4ccccc4)c(-c4ccccc4)c3)c3ccc(-c4ccccc4-n4c5ccccc5c5ccccc54)c4oc5ccccc5c34)cc2)cc1. The van der Waals surface area contributed by atoms with Crippen molar-refractivity contribution in [3.63, 3.8) is 0 Å². The smallest absolute Gasteiger partial charge is 0.145 e. The molecule has 0 radical (unpaired) electrons. The molecular formula is C60H40N2O. The van der Waals surface area contributed by atoms with Gasteiger partial charge in [-0.15, -0.1) is 0 Å². The third kappa shape index (κ3) is 6.21. The first-order valence-corrected chi connectivity index (χ1v) is 21.5. The zero-order valence-corrected chi connectivity index (χ0v) is 34.4. The van der Waals surface area contributed by atoms with Crippen LogP contribution < -0.4 is 4.90 Å². The van der Waals surface area contributed by atoms with E-state index >= 15 is 0 Å². The third-order valence-corrected chi connectivity index (χ3v) is 12.4. The van der Waals surface area contributed by atoms with Crippen molar-refractivity contribution in [2.75, 3.05) is 4.90 Å². The standard InChI is InChI=1S/C60H40N2O/c1-4-18-41(19-5-1)42-32-34-45(35-33-42)61(46-36-37-47(43-20-6-2-7-21-43)53(40-46)44-22-8-3-9-23-44)57-39-38-51(60-59(57)52-27-13-17-31-58(52)63-60)50-26-12-16-30-56(50)62-54-28-14-10-24-48(54)49-25-11-15-29-55(49)62/h1-40H. The van der Waals surface area contributed by atoms with Crippen LogP contribution in [-0.4, -0.2) is 4.57 Å². The lowest BCUT2D eigenvalue weighted by Gasteiger charge is -2.28.